The fraction of sp³-hybridized carbons (Fsp3) is 0.278. The predicted molar refractivity (Wildman–Crippen MR) is 89.0 cm³/mol. The molecule has 0 aromatic carbocycles. The van der Waals surface area contributed by atoms with Gasteiger partial charge >= 0.3 is 6.03 Å². The van der Waals surface area contributed by atoms with Gasteiger partial charge in [0, 0.05) is 30.6 Å². The van der Waals surface area contributed by atoms with E-state index < -0.39 is 5.82 Å². The number of hydrogen-bond acceptors (Lipinski definition) is 3. The highest BCUT2D eigenvalue weighted by molar-refractivity contribution is 5.94. The van der Waals surface area contributed by atoms with Gasteiger partial charge in [-0.2, -0.15) is 0 Å². The fourth-order valence-corrected chi connectivity index (χ4v) is 2.42. The standard InChI is InChI=1S/C18H17FN4O/c1-18(2)12-23(17(24)22(18)3)16-7-6-13(10-21-16)4-5-14-8-15(19)11-20-9-14/h6-11H,12H2,1-3H3. The summed E-state index contributed by atoms with van der Waals surface area (Å²) < 4.78 is 13.1. The van der Waals surface area contributed by atoms with Crippen LogP contribution in [0.1, 0.15) is 25.0 Å². The molecule has 0 spiro atoms. The van der Waals surface area contributed by atoms with E-state index in [1.165, 1.54) is 12.3 Å². The molecule has 3 rings (SSSR count). The Labute approximate surface area is 140 Å². The highest BCUT2D eigenvalue weighted by Gasteiger charge is 2.41. The number of pyridine rings is 2. The summed E-state index contributed by atoms with van der Waals surface area (Å²) >= 11 is 0. The lowest BCUT2D eigenvalue weighted by Crippen LogP contribution is -2.38. The van der Waals surface area contributed by atoms with Gasteiger partial charge in [0.05, 0.1) is 18.3 Å². The Morgan fingerprint density at radius 1 is 1.17 bits per heavy atom. The number of aromatic nitrogens is 2. The quantitative estimate of drug-likeness (QED) is 0.758. The number of carbonyl (C=O) groups is 1. The van der Waals surface area contributed by atoms with Crippen LogP contribution in [-0.2, 0) is 0 Å². The molecule has 5 nitrogen and oxygen atoms in total. The van der Waals surface area contributed by atoms with Crippen LogP contribution in [0.4, 0.5) is 15.0 Å². The summed E-state index contributed by atoms with van der Waals surface area (Å²) in [5.74, 6) is 5.92. The van der Waals surface area contributed by atoms with E-state index >= 15 is 0 Å². The normalized spacial score (nSPS) is 16.1. The lowest BCUT2D eigenvalue weighted by Gasteiger charge is -2.24. The molecule has 2 amide bonds. The number of urea groups is 1. The first-order valence-corrected chi connectivity index (χ1v) is 7.51. The molecule has 0 N–H and O–H groups in total. The molecular weight excluding hydrogens is 307 g/mol. The molecule has 0 bridgehead atoms. The van der Waals surface area contributed by atoms with Crippen molar-refractivity contribution in [2.45, 2.75) is 19.4 Å². The number of rotatable bonds is 1. The summed E-state index contributed by atoms with van der Waals surface area (Å²) in [6.45, 7) is 4.60. The van der Waals surface area contributed by atoms with Gasteiger partial charge in [0.2, 0.25) is 0 Å². The molecule has 1 aliphatic rings. The average molecular weight is 324 g/mol. The molecule has 6 heteroatoms. The number of carbonyl (C=O) groups excluding carboxylic acids is 1. The third-order valence-corrected chi connectivity index (χ3v) is 4.05. The molecule has 0 aliphatic carbocycles. The minimum Gasteiger partial charge on any atom is -0.320 e. The van der Waals surface area contributed by atoms with Gasteiger partial charge in [-0.25, -0.2) is 14.2 Å². The Kier molecular flexibility index (Phi) is 3.94. The monoisotopic (exact) mass is 324 g/mol. The highest BCUT2D eigenvalue weighted by atomic mass is 19.1. The molecule has 2 aromatic heterocycles. The van der Waals surface area contributed by atoms with Crippen LogP contribution < -0.4 is 4.90 Å². The lowest BCUT2D eigenvalue weighted by atomic mass is 10.1. The minimum atomic E-state index is -0.422. The van der Waals surface area contributed by atoms with E-state index in [1.54, 1.807) is 35.2 Å². The fourth-order valence-electron chi connectivity index (χ4n) is 2.42. The van der Waals surface area contributed by atoms with Gasteiger partial charge in [-0.15, -0.1) is 0 Å². The molecule has 1 saturated heterocycles. The maximum Gasteiger partial charge on any atom is 0.325 e. The van der Waals surface area contributed by atoms with Crippen molar-refractivity contribution in [3.63, 3.8) is 0 Å². The van der Waals surface area contributed by atoms with Crippen molar-refractivity contribution < 1.29 is 9.18 Å². The first kappa shape index (κ1) is 15.9. The van der Waals surface area contributed by atoms with Crippen molar-refractivity contribution in [2.75, 3.05) is 18.5 Å². The van der Waals surface area contributed by atoms with Crippen LogP contribution in [-0.4, -0.2) is 40.0 Å². The SMILES string of the molecule is CN1C(=O)N(c2ccc(C#Cc3cncc(F)c3)cn2)CC1(C)C. The Balaban J connectivity index is 1.79. The lowest BCUT2D eigenvalue weighted by molar-refractivity contribution is 0.198. The molecule has 0 atom stereocenters. The van der Waals surface area contributed by atoms with Gasteiger partial charge in [-0.05, 0) is 32.0 Å². The Hall–Kier alpha value is -2.94. The molecule has 3 heterocycles. The van der Waals surface area contributed by atoms with Crippen molar-refractivity contribution in [2.24, 2.45) is 0 Å². The van der Waals surface area contributed by atoms with Crippen LogP contribution in [0.15, 0.2) is 36.8 Å². The van der Waals surface area contributed by atoms with Crippen molar-refractivity contribution in [1.29, 1.82) is 0 Å². The molecular formula is C18H17FN4O. The van der Waals surface area contributed by atoms with Gasteiger partial charge in [0.15, 0.2) is 0 Å². The second-order valence-corrected chi connectivity index (χ2v) is 6.29. The summed E-state index contributed by atoms with van der Waals surface area (Å²) in [7, 11) is 1.79. The van der Waals surface area contributed by atoms with E-state index in [9.17, 15) is 9.18 Å². The van der Waals surface area contributed by atoms with Crippen LogP contribution in [0.5, 0.6) is 0 Å². The summed E-state index contributed by atoms with van der Waals surface area (Å²) in [5.41, 5.74) is 0.946. The van der Waals surface area contributed by atoms with E-state index in [-0.39, 0.29) is 11.6 Å². The first-order valence-electron chi connectivity index (χ1n) is 7.51. The molecule has 0 saturated carbocycles. The number of nitrogens with zero attached hydrogens (tertiary/aromatic N) is 4. The van der Waals surface area contributed by atoms with Crippen molar-refractivity contribution in [1.82, 2.24) is 14.9 Å². The van der Waals surface area contributed by atoms with E-state index in [2.05, 4.69) is 21.8 Å². The van der Waals surface area contributed by atoms with Gasteiger partial charge < -0.3 is 4.90 Å². The Morgan fingerprint density at radius 3 is 2.50 bits per heavy atom. The van der Waals surface area contributed by atoms with E-state index in [0.717, 1.165) is 6.20 Å². The molecule has 1 fully saturated rings. The number of likely N-dealkylation sites (N-methyl/N-ethyl adjacent to an activating group) is 1. The summed E-state index contributed by atoms with van der Waals surface area (Å²) in [4.78, 5) is 23.7. The molecule has 122 valence electrons. The zero-order valence-corrected chi connectivity index (χ0v) is 13.7. The molecule has 0 unspecified atom stereocenters. The van der Waals surface area contributed by atoms with Crippen LogP contribution in [0, 0.1) is 17.7 Å². The maximum atomic E-state index is 13.1. The van der Waals surface area contributed by atoms with E-state index in [1.807, 2.05) is 13.8 Å². The van der Waals surface area contributed by atoms with Gasteiger partial charge in [0.25, 0.3) is 0 Å². The average Bonchev–Trinajstić information content (AvgIpc) is 2.77. The van der Waals surface area contributed by atoms with Crippen molar-refractivity contribution in [3.8, 4) is 11.8 Å². The van der Waals surface area contributed by atoms with Crippen molar-refractivity contribution >= 4 is 11.8 Å². The van der Waals surface area contributed by atoms with E-state index in [4.69, 9.17) is 0 Å². The van der Waals surface area contributed by atoms with Gasteiger partial charge in [-0.3, -0.25) is 9.88 Å². The Morgan fingerprint density at radius 2 is 1.92 bits per heavy atom. The third-order valence-electron chi connectivity index (χ3n) is 4.05. The minimum absolute atomic E-state index is 0.0721. The number of hydrogen-bond donors (Lipinski definition) is 0. The van der Waals surface area contributed by atoms with Crippen molar-refractivity contribution in [3.05, 3.63) is 53.7 Å². The summed E-state index contributed by atoms with van der Waals surface area (Å²) in [6.07, 6.45) is 4.24. The summed E-state index contributed by atoms with van der Waals surface area (Å²) in [5, 5.41) is 0. The molecule has 24 heavy (non-hydrogen) atoms. The number of anilines is 1. The largest absolute Gasteiger partial charge is 0.325 e. The zero-order chi connectivity index (χ0) is 17.3. The first-order chi connectivity index (χ1) is 11.4. The smallest absolute Gasteiger partial charge is 0.320 e. The Bertz CT molecular complexity index is 836. The topological polar surface area (TPSA) is 49.3 Å². The second-order valence-electron chi connectivity index (χ2n) is 6.29. The second kappa shape index (κ2) is 5.93. The molecule has 0 radical (unpaired) electrons. The van der Waals surface area contributed by atoms with E-state index in [0.29, 0.717) is 23.5 Å². The van der Waals surface area contributed by atoms with Crippen LogP contribution in [0.2, 0.25) is 0 Å². The zero-order valence-electron chi connectivity index (χ0n) is 13.7. The highest BCUT2D eigenvalue weighted by Crippen LogP contribution is 2.27. The van der Waals surface area contributed by atoms with Crippen LogP contribution in [0.25, 0.3) is 0 Å². The number of halogens is 1. The summed E-state index contributed by atoms with van der Waals surface area (Å²) in [6, 6.07) is 4.81. The molecule has 2 aromatic rings. The van der Waals surface area contributed by atoms with Gasteiger partial charge in [0.1, 0.15) is 11.6 Å². The van der Waals surface area contributed by atoms with Gasteiger partial charge in [-0.1, -0.05) is 11.8 Å². The van der Waals surface area contributed by atoms with Crippen LogP contribution in [0.3, 0.4) is 0 Å². The van der Waals surface area contributed by atoms with Crippen LogP contribution >= 0.6 is 0 Å². The predicted octanol–water partition coefficient (Wildman–Crippen LogP) is 2.67. The molecule has 1 aliphatic heterocycles. The number of amides is 2. The maximum absolute atomic E-state index is 13.1. The third kappa shape index (κ3) is 3.06.